The molecule has 5 nitrogen and oxygen atoms in total. The highest BCUT2D eigenvalue weighted by atomic mass is 16.6. The standard InChI is InChI=1S/C8H10N4O/c1-3-5-7-8(12-13-11-7)6(4-2)10-9-5/h3-4H2,1-2H3. The molecule has 0 radical (unpaired) electrons. The summed E-state index contributed by atoms with van der Waals surface area (Å²) in [5.41, 5.74) is 3.17. The fourth-order valence-corrected chi connectivity index (χ4v) is 1.26. The highest BCUT2D eigenvalue weighted by Crippen LogP contribution is 2.15. The second kappa shape index (κ2) is 3.08. The lowest BCUT2D eigenvalue weighted by atomic mass is 10.2. The molecule has 0 aliphatic carbocycles. The lowest BCUT2D eigenvalue weighted by molar-refractivity contribution is 0.315. The van der Waals surface area contributed by atoms with Gasteiger partial charge in [0.1, 0.15) is 0 Å². The van der Waals surface area contributed by atoms with Crippen LogP contribution < -0.4 is 0 Å². The minimum absolute atomic E-state index is 0.745. The van der Waals surface area contributed by atoms with Crippen molar-refractivity contribution in [2.75, 3.05) is 0 Å². The first kappa shape index (κ1) is 8.10. The fourth-order valence-electron chi connectivity index (χ4n) is 1.26. The first-order valence-corrected chi connectivity index (χ1v) is 4.33. The Bertz CT molecular complexity index is 385. The minimum Gasteiger partial charge on any atom is -0.243 e. The first-order valence-electron chi connectivity index (χ1n) is 4.33. The summed E-state index contributed by atoms with van der Waals surface area (Å²) in [6.45, 7) is 4.01. The molecule has 0 spiro atoms. The van der Waals surface area contributed by atoms with Gasteiger partial charge >= 0.3 is 0 Å². The Morgan fingerprint density at radius 3 is 1.77 bits per heavy atom. The van der Waals surface area contributed by atoms with Gasteiger partial charge in [-0.3, -0.25) is 0 Å². The normalized spacial score (nSPS) is 10.9. The van der Waals surface area contributed by atoms with E-state index in [0.717, 1.165) is 35.3 Å². The van der Waals surface area contributed by atoms with Crippen LogP contribution >= 0.6 is 0 Å². The molecule has 0 saturated heterocycles. The zero-order chi connectivity index (χ0) is 9.26. The van der Waals surface area contributed by atoms with Crippen LogP contribution in [-0.4, -0.2) is 20.5 Å². The third-order valence-electron chi connectivity index (χ3n) is 2.00. The van der Waals surface area contributed by atoms with Gasteiger partial charge in [-0.15, -0.1) is 0 Å². The molecule has 0 bridgehead atoms. The summed E-state index contributed by atoms with van der Waals surface area (Å²) < 4.78 is 4.67. The summed E-state index contributed by atoms with van der Waals surface area (Å²) in [5.74, 6) is 0. The van der Waals surface area contributed by atoms with Crippen LogP contribution in [-0.2, 0) is 12.8 Å². The van der Waals surface area contributed by atoms with Crippen LogP contribution in [0.15, 0.2) is 4.63 Å². The van der Waals surface area contributed by atoms with Crippen molar-refractivity contribution >= 4 is 11.0 Å². The molecule has 68 valence electrons. The quantitative estimate of drug-likeness (QED) is 0.689. The number of hydrogen-bond acceptors (Lipinski definition) is 5. The highest BCUT2D eigenvalue weighted by Gasteiger charge is 2.11. The van der Waals surface area contributed by atoms with E-state index < -0.39 is 0 Å². The Morgan fingerprint density at radius 1 is 0.923 bits per heavy atom. The Morgan fingerprint density at radius 2 is 1.38 bits per heavy atom. The predicted molar refractivity (Wildman–Crippen MR) is 46.2 cm³/mol. The summed E-state index contributed by atoms with van der Waals surface area (Å²) in [6.07, 6.45) is 1.59. The van der Waals surface area contributed by atoms with Crippen LogP contribution in [0.1, 0.15) is 25.2 Å². The van der Waals surface area contributed by atoms with E-state index in [1.165, 1.54) is 0 Å². The maximum Gasteiger partial charge on any atom is 0.160 e. The maximum absolute atomic E-state index is 4.67. The zero-order valence-electron chi connectivity index (χ0n) is 7.61. The molecule has 2 aromatic rings. The number of nitrogens with zero attached hydrogens (tertiary/aromatic N) is 4. The molecule has 13 heavy (non-hydrogen) atoms. The summed E-state index contributed by atoms with van der Waals surface area (Å²) in [4.78, 5) is 0. The van der Waals surface area contributed by atoms with Gasteiger partial charge in [0.25, 0.3) is 0 Å². The summed E-state index contributed by atoms with van der Waals surface area (Å²) in [7, 11) is 0. The summed E-state index contributed by atoms with van der Waals surface area (Å²) in [6, 6.07) is 0. The average Bonchev–Trinajstić information content (AvgIpc) is 2.64. The topological polar surface area (TPSA) is 64.7 Å². The second-order valence-electron chi connectivity index (χ2n) is 2.76. The van der Waals surface area contributed by atoms with Crippen LogP contribution in [0.5, 0.6) is 0 Å². The van der Waals surface area contributed by atoms with E-state index in [4.69, 9.17) is 0 Å². The monoisotopic (exact) mass is 178 g/mol. The van der Waals surface area contributed by atoms with Crippen molar-refractivity contribution in [3.05, 3.63) is 11.4 Å². The fraction of sp³-hybridized carbons (Fsp3) is 0.500. The van der Waals surface area contributed by atoms with Gasteiger partial charge in [-0.05, 0) is 23.2 Å². The number of aromatic nitrogens is 4. The van der Waals surface area contributed by atoms with Crippen molar-refractivity contribution in [3.63, 3.8) is 0 Å². The third kappa shape index (κ3) is 1.16. The van der Waals surface area contributed by atoms with Gasteiger partial charge in [-0.25, -0.2) is 4.63 Å². The molecular formula is C8H10N4O. The third-order valence-corrected chi connectivity index (χ3v) is 2.00. The van der Waals surface area contributed by atoms with E-state index in [2.05, 4.69) is 25.1 Å². The molecule has 0 saturated carbocycles. The largest absolute Gasteiger partial charge is 0.243 e. The van der Waals surface area contributed by atoms with E-state index in [1.807, 2.05) is 13.8 Å². The molecule has 0 N–H and O–H groups in total. The number of hydrogen-bond donors (Lipinski definition) is 0. The highest BCUT2D eigenvalue weighted by molar-refractivity contribution is 5.77. The van der Waals surface area contributed by atoms with Gasteiger partial charge in [-0.2, -0.15) is 10.2 Å². The molecule has 5 heteroatoms. The van der Waals surface area contributed by atoms with Crippen LogP contribution in [0, 0.1) is 0 Å². The number of fused-ring (bicyclic) bond motifs is 1. The molecule has 0 unspecified atom stereocenters. The average molecular weight is 178 g/mol. The molecule has 0 aliphatic rings. The predicted octanol–water partition coefficient (Wildman–Crippen LogP) is 1.14. The minimum atomic E-state index is 0.745. The van der Waals surface area contributed by atoms with Gasteiger partial charge in [0.15, 0.2) is 11.0 Å². The Kier molecular flexibility index (Phi) is 1.92. The Balaban J connectivity index is 2.74. The molecule has 2 heterocycles. The molecule has 0 aliphatic heterocycles. The van der Waals surface area contributed by atoms with Crippen LogP contribution in [0.4, 0.5) is 0 Å². The van der Waals surface area contributed by atoms with Crippen molar-refractivity contribution in [3.8, 4) is 0 Å². The molecule has 0 aromatic carbocycles. The van der Waals surface area contributed by atoms with Gasteiger partial charge in [-0.1, -0.05) is 13.8 Å². The van der Waals surface area contributed by atoms with Crippen molar-refractivity contribution in [2.24, 2.45) is 0 Å². The Labute approximate surface area is 75.1 Å². The number of aryl methyl sites for hydroxylation is 2. The molecule has 2 aromatic heterocycles. The van der Waals surface area contributed by atoms with Gasteiger partial charge < -0.3 is 0 Å². The van der Waals surface area contributed by atoms with Crippen molar-refractivity contribution in [2.45, 2.75) is 26.7 Å². The zero-order valence-corrected chi connectivity index (χ0v) is 7.61. The van der Waals surface area contributed by atoms with Crippen LogP contribution in [0.25, 0.3) is 11.0 Å². The van der Waals surface area contributed by atoms with E-state index in [1.54, 1.807) is 0 Å². The SMILES string of the molecule is CCc1nnc(CC)c2nonc12. The van der Waals surface area contributed by atoms with E-state index in [0.29, 0.717) is 0 Å². The van der Waals surface area contributed by atoms with Gasteiger partial charge in [0, 0.05) is 0 Å². The maximum atomic E-state index is 4.67. The van der Waals surface area contributed by atoms with Crippen molar-refractivity contribution in [1.29, 1.82) is 0 Å². The van der Waals surface area contributed by atoms with Gasteiger partial charge in [0.05, 0.1) is 11.4 Å². The van der Waals surface area contributed by atoms with E-state index in [-0.39, 0.29) is 0 Å². The molecule has 0 atom stereocenters. The van der Waals surface area contributed by atoms with Crippen LogP contribution in [0.3, 0.4) is 0 Å². The van der Waals surface area contributed by atoms with Gasteiger partial charge in [0.2, 0.25) is 0 Å². The molecule has 0 amide bonds. The molecule has 2 rings (SSSR count). The van der Waals surface area contributed by atoms with Crippen LogP contribution in [0.2, 0.25) is 0 Å². The van der Waals surface area contributed by atoms with Crippen molar-refractivity contribution in [1.82, 2.24) is 20.5 Å². The second-order valence-corrected chi connectivity index (χ2v) is 2.76. The number of rotatable bonds is 2. The first-order chi connectivity index (χ1) is 6.36. The molecule has 0 fully saturated rings. The molecular weight excluding hydrogens is 168 g/mol. The van der Waals surface area contributed by atoms with E-state index in [9.17, 15) is 0 Å². The van der Waals surface area contributed by atoms with E-state index >= 15 is 0 Å². The summed E-state index contributed by atoms with van der Waals surface area (Å²) >= 11 is 0. The lowest BCUT2D eigenvalue weighted by Crippen LogP contribution is -1.98. The Hall–Kier alpha value is -1.52. The smallest absolute Gasteiger partial charge is 0.160 e. The lowest BCUT2D eigenvalue weighted by Gasteiger charge is -1.96. The summed E-state index contributed by atoms with van der Waals surface area (Å²) in [5, 5.41) is 15.7. The van der Waals surface area contributed by atoms with Crippen molar-refractivity contribution < 1.29 is 4.63 Å².